The molecule has 1 aromatic heterocycles. The Morgan fingerprint density at radius 1 is 1.67 bits per heavy atom. The molecule has 1 aliphatic carbocycles. The first-order valence-corrected chi connectivity index (χ1v) is 5.17. The summed E-state index contributed by atoms with van der Waals surface area (Å²) in [6.45, 7) is 2.12. The average Bonchev–Trinajstić information content (AvgIpc) is 2.48. The van der Waals surface area contributed by atoms with Crippen molar-refractivity contribution in [2.24, 2.45) is 0 Å². The fourth-order valence-corrected chi connectivity index (χ4v) is 3.05. The van der Waals surface area contributed by atoms with Crippen molar-refractivity contribution in [1.82, 2.24) is 0 Å². The molecule has 1 unspecified atom stereocenters. The van der Waals surface area contributed by atoms with Gasteiger partial charge in [-0.25, -0.2) is 0 Å². The summed E-state index contributed by atoms with van der Waals surface area (Å²) in [5, 5.41) is 11.1. The van der Waals surface area contributed by atoms with Gasteiger partial charge < -0.3 is 0 Å². The lowest BCUT2D eigenvalue weighted by atomic mass is 9.87. The van der Waals surface area contributed by atoms with Gasteiger partial charge in [0, 0.05) is 4.88 Å². The van der Waals surface area contributed by atoms with Gasteiger partial charge in [-0.1, -0.05) is 0 Å². The van der Waals surface area contributed by atoms with Crippen LogP contribution in [0.25, 0.3) is 0 Å². The van der Waals surface area contributed by atoms with E-state index in [-0.39, 0.29) is 5.92 Å². The summed E-state index contributed by atoms with van der Waals surface area (Å²) in [4.78, 5) is 1.45. The molecule has 1 aromatic rings. The van der Waals surface area contributed by atoms with E-state index >= 15 is 0 Å². The van der Waals surface area contributed by atoms with Crippen molar-refractivity contribution in [3.63, 3.8) is 0 Å². The van der Waals surface area contributed by atoms with E-state index in [2.05, 4.69) is 18.4 Å². The molecule has 0 amide bonds. The lowest BCUT2D eigenvalue weighted by Gasteiger charge is -2.16. The predicted molar refractivity (Wildman–Crippen MR) is 50.3 cm³/mol. The van der Waals surface area contributed by atoms with Gasteiger partial charge in [0.1, 0.15) is 0 Å². The molecule has 12 heavy (non-hydrogen) atoms. The van der Waals surface area contributed by atoms with Crippen molar-refractivity contribution < 1.29 is 0 Å². The van der Waals surface area contributed by atoms with Crippen molar-refractivity contribution in [2.45, 2.75) is 32.1 Å². The molecule has 2 rings (SSSR count). The molecule has 1 aliphatic rings. The minimum Gasteiger partial charge on any atom is -0.198 e. The number of hydrogen-bond acceptors (Lipinski definition) is 2. The molecule has 0 aromatic carbocycles. The van der Waals surface area contributed by atoms with Gasteiger partial charge in [-0.2, -0.15) is 5.26 Å². The van der Waals surface area contributed by atoms with Gasteiger partial charge in [-0.05, 0) is 42.7 Å². The van der Waals surface area contributed by atoms with Crippen molar-refractivity contribution in [3.8, 4) is 6.07 Å². The summed E-state index contributed by atoms with van der Waals surface area (Å²) < 4.78 is 0. The maximum atomic E-state index is 8.94. The number of hydrogen-bond donors (Lipinski definition) is 0. The summed E-state index contributed by atoms with van der Waals surface area (Å²) in [6, 6.07) is 2.39. The van der Waals surface area contributed by atoms with Crippen molar-refractivity contribution in [3.05, 3.63) is 21.4 Å². The van der Waals surface area contributed by atoms with Crippen molar-refractivity contribution >= 4 is 11.3 Å². The van der Waals surface area contributed by atoms with E-state index in [1.54, 1.807) is 0 Å². The molecule has 2 heteroatoms. The maximum Gasteiger partial charge on any atom is 0.0726 e. The van der Waals surface area contributed by atoms with Crippen molar-refractivity contribution in [1.29, 1.82) is 5.26 Å². The van der Waals surface area contributed by atoms with Crippen LogP contribution in [0, 0.1) is 18.3 Å². The van der Waals surface area contributed by atoms with Crippen molar-refractivity contribution in [2.75, 3.05) is 0 Å². The highest BCUT2D eigenvalue weighted by Crippen LogP contribution is 2.37. The van der Waals surface area contributed by atoms with E-state index in [1.807, 2.05) is 11.3 Å². The van der Waals surface area contributed by atoms with E-state index in [9.17, 15) is 0 Å². The molecule has 0 fully saturated rings. The largest absolute Gasteiger partial charge is 0.198 e. The molecule has 0 spiro atoms. The van der Waals surface area contributed by atoms with Gasteiger partial charge in [-0.3, -0.25) is 0 Å². The molecule has 1 atom stereocenters. The van der Waals surface area contributed by atoms with Gasteiger partial charge >= 0.3 is 0 Å². The zero-order chi connectivity index (χ0) is 8.55. The Balaban J connectivity index is 2.49. The third-order valence-electron chi connectivity index (χ3n) is 2.50. The van der Waals surface area contributed by atoms with E-state index in [0.717, 1.165) is 6.42 Å². The Morgan fingerprint density at radius 2 is 2.50 bits per heavy atom. The van der Waals surface area contributed by atoms with Crippen LogP contribution in [-0.4, -0.2) is 0 Å². The number of fused-ring (bicyclic) bond motifs is 1. The molecule has 0 saturated heterocycles. The minimum absolute atomic E-state index is 0.181. The Labute approximate surface area is 76.6 Å². The fourth-order valence-electron chi connectivity index (χ4n) is 1.91. The van der Waals surface area contributed by atoms with E-state index in [0.29, 0.717) is 0 Å². The van der Waals surface area contributed by atoms with Crippen LogP contribution >= 0.6 is 11.3 Å². The highest BCUT2D eigenvalue weighted by molar-refractivity contribution is 7.10. The van der Waals surface area contributed by atoms with Crippen LogP contribution in [0.4, 0.5) is 0 Å². The standard InChI is InChI=1S/C10H11NS/c1-7-6-12-9-4-2-3-8(5-11)10(7)9/h6,8H,2-4H2,1H3. The summed E-state index contributed by atoms with van der Waals surface area (Å²) >= 11 is 1.82. The summed E-state index contributed by atoms with van der Waals surface area (Å²) in [7, 11) is 0. The monoisotopic (exact) mass is 177 g/mol. The second-order valence-electron chi connectivity index (χ2n) is 3.33. The Hall–Kier alpha value is -0.810. The molecular formula is C10H11NS. The molecule has 0 radical (unpaired) electrons. The third-order valence-corrected chi connectivity index (χ3v) is 3.68. The number of aryl methyl sites for hydroxylation is 2. The fraction of sp³-hybridized carbons (Fsp3) is 0.500. The normalized spacial score (nSPS) is 21.5. The summed E-state index contributed by atoms with van der Waals surface area (Å²) in [5.74, 6) is 0.181. The van der Waals surface area contributed by atoms with Gasteiger partial charge in [0.2, 0.25) is 0 Å². The van der Waals surface area contributed by atoms with Gasteiger partial charge in [0.25, 0.3) is 0 Å². The first kappa shape index (κ1) is 7.82. The zero-order valence-corrected chi connectivity index (χ0v) is 7.95. The lowest BCUT2D eigenvalue weighted by molar-refractivity contribution is 0.643. The quantitative estimate of drug-likeness (QED) is 0.597. The van der Waals surface area contributed by atoms with E-state index in [1.165, 1.54) is 28.8 Å². The highest BCUT2D eigenvalue weighted by atomic mass is 32.1. The smallest absolute Gasteiger partial charge is 0.0726 e. The van der Waals surface area contributed by atoms with Gasteiger partial charge in [0.05, 0.1) is 12.0 Å². The number of nitrogens with zero attached hydrogens (tertiary/aromatic N) is 1. The van der Waals surface area contributed by atoms with Crippen LogP contribution in [0.1, 0.15) is 34.8 Å². The van der Waals surface area contributed by atoms with Crippen LogP contribution in [0.15, 0.2) is 5.38 Å². The molecule has 0 aliphatic heterocycles. The maximum absolute atomic E-state index is 8.94. The molecule has 0 saturated carbocycles. The number of rotatable bonds is 0. The van der Waals surface area contributed by atoms with Crippen LogP contribution in [0.2, 0.25) is 0 Å². The topological polar surface area (TPSA) is 23.8 Å². The second kappa shape index (κ2) is 2.91. The lowest BCUT2D eigenvalue weighted by Crippen LogP contribution is -2.06. The summed E-state index contributed by atoms with van der Waals surface area (Å²) in [6.07, 6.45) is 3.43. The average molecular weight is 177 g/mol. The van der Waals surface area contributed by atoms with Crippen LogP contribution in [-0.2, 0) is 6.42 Å². The molecular weight excluding hydrogens is 166 g/mol. The van der Waals surface area contributed by atoms with Crippen LogP contribution in [0.5, 0.6) is 0 Å². The minimum atomic E-state index is 0.181. The third kappa shape index (κ3) is 1.05. The molecule has 0 N–H and O–H groups in total. The number of nitriles is 1. The molecule has 1 nitrogen and oxygen atoms in total. The second-order valence-corrected chi connectivity index (χ2v) is 4.29. The first-order valence-electron chi connectivity index (χ1n) is 4.29. The Bertz CT molecular complexity index is 332. The van der Waals surface area contributed by atoms with Gasteiger partial charge in [-0.15, -0.1) is 11.3 Å². The predicted octanol–water partition coefficient (Wildman–Crippen LogP) is 3.00. The first-order chi connectivity index (χ1) is 5.83. The number of thiophene rings is 1. The Kier molecular flexibility index (Phi) is 1.90. The van der Waals surface area contributed by atoms with Crippen LogP contribution in [0.3, 0.4) is 0 Å². The van der Waals surface area contributed by atoms with E-state index in [4.69, 9.17) is 5.26 Å². The van der Waals surface area contributed by atoms with Crippen LogP contribution < -0.4 is 0 Å². The zero-order valence-electron chi connectivity index (χ0n) is 7.13. The Morgan fingerprint density at radius 3 is 3.25 bits per heavy atom. The molecule has 62 valence electrons. The highest BCUT2D eigenvalue weighted by Gasteiger charge is 2.22. The van der Waals surface area contributed by atoms with Gasteiger partial charge in [0.15, 0.2) is 0 Å². The van der Waals surface area contributed by atoms with E-state index < -0.39 is 0 Å². The molecule has 0 bridgehead atoms. The summed E-state index contributed by atoms with van der Waals surface area (Å²) in [5.41, 5.74) is 2.66. The SMILES string of the molecule is Cc1csc2c1C(C#N)CCC2. The molecule has 1 heterocycles.